The van der Waals surface area contributed by atoms with Gasteiger partial charge in [0.25, 0.3) is 0 Å². The van der Waals surface area contributed by atoms with Crippen molar-refractivity contribution in [2.24, 2.45) is 0 Å². The molecule has 0 bridgehead atoms. The Labute approximate surface area is 279 Å². The zero-order valence-corrected chi connectivity index (χ0v) is 28.9. The third-order valence-corrected chi connectivity index (χ3v) is 8.52. The standard InChI is InChI=1S/C38H52O9/c1-8-11-14-27(10-3)46-29-19-17-25(22-32(29)44-6)35(28-15-13-16-31(43-5)36(28)40)34(24-39)47-30-20-18-26(23-33(30)45-7)37(41)38(4,42)21-12-9-2/h13,15-20,22-23,27,34-35,39-40,42H,8-12,14,21,24H2,1-7H3. The molecule has 9 nitrogen and oxygen atoms in total. The molecule has 0 amide bonds. The van der Waals surface area contributed by atoms with Gasteiger partial charge >= 0.3 is 0 Å². The van der Waals surface area contributed by atoms with Crippen molar-refractivity contribution in [2.75, 3.05) is 27.9 Å². The van der Waals surface area contributed by atoms with Crippen molar-refractivity contribution in [3.05, 3.63) is 71.3 Å². The van der Waals surface area contributed by atoms with Crippen molar-refractivity contribution in [1.82, 2.24) is 0 Å². The van der Waals surface area contributed by atoms with Gasteiger partial charge in [0.2, 0.25) is 0 Å². The molecule has 9 heteroatoms. The Bertz CT molecular complexity index is 1430. The molecular weight excluding hydrogens is 600 g/mol. The fourth-order valence-corrected chi connectivity index (χ4v) is 5.71. The number of aliphatic hydroxyl groups is 2. The van der Waals surface area contributed by atoms with Crippen LogP contribution in [-0.4, -0.2) is 66.8 Å². The normalized spacial score (nSPS) is 14.4. The second kappa shape index (κ2) is 17.8. The van der Waals surface area contributed by atoms with Gasteiger partial charge < -0.3 is 39.0 Å². The number of hydrogen-bond acceptors (Lipinski definition) is 9. The van der Waals surface area contributed by atoms with E-state index in [0.29, 0.717) is 35.5 Å². The molecule has 0 radical (unpaired) electrons. The lowest BCUT2D eigenvalue weighted by Crippen LogP contribution is -2.35. The molecule has 47 heavy (non-hydrogen) atoms. The number of phenols is 1. The summed E-state index contributed by atoms with van der Waals surface area (Å²) in [4.78, 5) is 13.2. The lowest BCUT2D eigenvalue weighted by Gasteiger charge is -2.30. The molecule has 0 aliphatic heterocycles. The fourth-order valence-electron chi connectivity index (χ4n) is 5.71. The highest BCUT2D eigenvalue weighted by Gasteiger charge is 2.33. The number of para-hydroxylation sites is 1. The van der Waals surface area contributed by atoms with E-state index in [9.17, 15) is 20.1 Å². The van der Waals surface area contributed by atoms with Crippen molar-refractivity contribution in [1.29, 1.82) is 0 Å². The number of ether oxygens (including phenoxy) is 5. The molecule has 3 rings (SSSR count). The summed E-state index contributed by atoms with van der Waals surface area (Å²) in [5.74, 6) is 0.709. The summed E-state index contributed by atoms with van der Waals surface area (Å²) in [6.07, 6.45) is 4.94. The molecule has 0 heterocycles. The average Bonchev–Trinajstić information content (AvgIpc) is 3.09. The summed E-state index contributed by atoms with van der Waals surface area (Å²) in [5.41, 5.74) is -0.0847. The SMILES string of the molecule is CCCCC(CC)Oc1ccc(C(c2cccc(OC)c2O)C(CO)Oc2ccc(C(=O)C(C)(O)CCCC)cc2OC)cc1OC. The summed E-state index contributed by atoms with van der Waals surface area (Å²) in [6, 6.07) is 15.4. The van der Waals surface area contributed by atoms with Gasteiger partial charge in [-0.1, -0.05) is 64.7 Å². The van der Waals surface area contributed by atoms with Crippen molar-refractivity contribution in [2.45, 2.75) is 96.4 Å². The van der Waals surface area contributed by atoms with E-state index < -0.39 is 30.0 Å². The van der Waals surface area contributed by atoms with Crippen LogP contribution in [0.25, 0.3) is 0 Å². The molecule has 3 aromatic carbocycles. The number of rotatable bonds is 20. The molecule has 0 saturated carbocycles. The minimum Gasteiger partial charge on any atom is -0.504 e. The summed E-state index contributed by atoms with van der Waals surface area (Å²) in [5, 5.41) is 32.9. The van der Waals surface area contributed by atoms with E-state index in [1.54, 1.807) is 37.4 Å². The number of hydrogen-bond donors (Lipinski definition) is 3. The molecule has 3 aromatic rings. The Morgan fingerprint density at radius 2 is 1.45 bits per heavy atom. The highest BCUT2D eigenvalue weighted by Crippen LogP contribution is 2.43. The minimum atomic E-state index is -1.52. The number of aromatic hydroxyl groups is 1. The van der Waals surface area contributed by atoms with Gasteiger partial charge in [0, 0.05) is 11.1 Å². The lowest BCUT2D eigenvalue weighted by atomic mass is 9.85. The van der Waals surface area contributed by atoms with Crippen LogP contribution in [0.5, 0.6) is 34.5 Å². The van der Waals surface area contributed by atoms with Crippen LogP contribution in [0.2, 0.25) is 0 Å². The molecule has 0 aliphatic rings. The number of aliphatic hydroxyl groups excluding tert-OH is 1. The van der Waals surface area contributed by atoms with Gasteiger partial charge in [-0.15, -0.1) is 0 Å². The predicted octanol–water partition coefficient (Wildman–Crippen LogP) is 7.46. The monoisotopic (exact) mass is 652 g/mol. The fraction of sp³-hybridized carbons (Fsp3) is 0.500. The number of unbranched alkanes of at least 4 members (excludes halogenated alkanes) is 2. The van der Waals surface area contributed by atoms with Crippen LogP contribution in [0, 0.1) is 0 Å². The van der Waals surface area contributed by atoms with Crippen LogP contribution >= 0.6 is 0 Å². The molecule has 0 spiro atoms. The predicted molar refractivity (Wildman–Crippen MR) is 183 cm³/mol. The Morgan fingerprint density at radius 1 is 0.809 bits per heavy atom. The van der Waals surface area contributed by atoms with Gasteiger partial charge in [-0.3, -0.25) is 4.79 Å². The largest absolute Gasteiger partial charge is 0.504 e. The van der Waals surface area contributed by atoms with E-state index in [2.05, 4.69) is 13.8 Å². The third-order valence-electron chi connectivity index (χ3n) is 8.52. The molecular formula is C38H52O9. The Hall–Kier alpha value is -3.95. The van der Waals surface area contributed by atoms with Gasteiger partial charge in [0.05, 0.1) is 40.0 Å². The first-order valence-corrected chi connectivity index (χ1v) is 16.5. The highest BCUT2D eigenvalue weighted by atomic mass is 16.5. The number of methoxy groups -OCH3 is 3. The zero-order chi connectivity index (χ0) is 34.6. The van der Waals surface area contributed by atoms with Crippen LogP contribution < -0.4 is 23.7 Å². The molecule has 0 fully saturated rings. The molecule has 0 aromatic heterocycles. The van der Waals surface area contributed by atoms with Crippen LogP contribution in [-0.2, 0) is 0 Å². The van der Waals surface area contributed by atoms with Crippen LogP contribution in [0.4, 0.5) is 0 Å². The molecule has 0 saturated heterocycles. The van der Waals surface area contributed by atoms with Gasteiger partial charge in [-0.05, 0) is 68.1 Å². The molecule has 3 N–H and O–H groups in total. The molecule has 258 valence electrons. The number of carbonyl (C=O) groups is 1. The van der Waals surface area contributed by atoms with Gasteiger partial charge in [-0.25, -0.2) is 0 Å². The molecule has 4 atom stereocenters. The van der Waals surface area contributed by atoms with Crippen LogP contribution in [0.15, 0.2) is 54.6 Å². The van der Waals surface area contributed by atoms with Gasteiger partial charge in [0.15, 0.2) is 40.3 Å². The summed E-state index contributed by atoms with van der Waals surface area (Å²) >= 11 is 0. The first-order valence-electron chi connectivity index (χ1n) is 16.5. The van der Waals surface area contributed by atoms with Crippen molar-refractivity contribution in [3.8, 4) is 34.5 Å². The van der Waals surface area contributed by atoms with Gasteiger partial charge in [-0.2, -0.15) is 0 Å². The van der Waals surface area contributed by atoms with Crippen molar-refractivity contribution in [3.63, 3.8) is 0 Å². The topological polar surface area (TPSA) is 124 Å². The Morgan fingerprint density at radius 3 is 2.06 bits per heavy atom. The van der Waals surface area contributed by atoms with E-state index in [1.807, 2.05) is 25.1 Å². The maximum atomic E-state index is 13.2. The second-order valence-electron chi connectivity index (χ2n) is 12.0. The van der Waals surface area contributed by atoms with Crippen molar-refractivity contribution < 1.29 is 43.8 Å². The van der Waals surface area contributed by atoms with E-state index in [0.717, 1.165) is 32.1 Å². The summed E-state index contributed by atoms with van der Waals surface area (Å²) < 4.78 is 29.5. The quantitative estimate of drug-likeness (QED) is 0.107. The van der Waals surface area contributed by atoms with Crippen LogP contribution in [0.1, 0.15) is 100 Å². The summed E-state index contributed by atoms with van der Waals surface area (Å²) in [7, 11) is 4.50. The zero-order valence-electron chi connectivity index (χ0n) is 28.9. The first kappa shape index (κ1) is 37.5. The Kier molecular flexibility index (Phi) is 14.2. The molecule has 0 aliphatic carbocycles. The van der Waals surface area contributed by atoms with E-state index in [4.69, 9.17) is 23.7 Å². The maximum Gasteiger partial charge on any atom is 0.194 e. The maximum absolute atomic E-state index is 13.2. The number of benzene rings is 3. The lowest BCUT2D eigenvalue weighted by molar-refractivity contribution is 0.0357. The van der Waals surface area contributed by atoms with Crippen molar-refractivity contribution >= 4 is 5.78 Å². The number of carbonyl (C=O) groups excluding carboxylic acids is 1. The smallest absolute Gasteiger partial charge is 0.194 e. The minimum absolute atomic E-state index is 0.0408. The number of ketones is 1. The van der Waals surface area contributed by atoms with E-state index in [-0.39, 0.29) is 34.7 Å². The Balaban J connectivity index is 2.07. The number of Topliss-reactive ketones (excluding diaryl/α,β-unsaturated/α-hetero) is 1. The third kappa shape index (κ3) is 9.32. The summed E-state index contributed by atoms with van der Waals surface area (Å²) in [6.45, 7) is 7.33. The number of phenolic OH excluding ortho intramolecular Hbond substituents is 1. The van der Waals surface area contributed by atoms with Gasteiger partial charge in [0.1, 0.15) is 11.7 Å². The molecule has 4 unspecified atom stereocenters. The highest BCUT2D eigenvalue weighted by molar-refractivity contribution is 6.02. The second-order valence-corrected chi connectivity index (χ2v) is 12.0. The van der Waals surface area contributed by atoms with E-state index in [1.165, 1.54) is 27.2 Å². The first-order chi connectivity index (χ1) is 22.6. The average molecular weight is 653 g/mol. The van der Waals surface area contributed by atoms with Crippen LogP contribution in [0.3, 0.4) is 0 Å². The van der Waals surface area contributed by atoms with E-state index >= 15 is 0 Å².